The van der Waals surface area contributed by atoms with Crippen LogP contribution in [0, 0.1) is 18.8 Å². The highest BCUT2D eigenvalue weighted by Crippen LogP contribution is 2.37. The SMILES string of the molecule is Cc1cccc(CN2CN(C3=C(SCc4ccccc4)C(=O)[C@H](C(C)Cc4ccccc4)CC=C3)C2)c1. The Balaban J connectivity index is 1.34. The van der Waals surface area contributed by atoms with Crippen molar-refractivity contribution in [2.24, 2.45) is 11.8 Å². The Morgan fingerprint density at radius 2 is 1.57 bits per heavy atom. The molecule has 0 bridgehead atoms. The van der Waals surface area contributed by atoms with Gasteiger partial charge in [0.15, 0.2) is 5.78 Å². The van der Waals surface area contributed by atoms with E-state index in [1.807, 2.05) is 6.07 Å². The molecular formula is C33H36N2OS. The van der Waals surface area contributed by atoms with Gasteiger partial charge in [0.05, 0.1) is 23.9 Å². The van der Waals surface area contributed by atoms with Crippen LogP contribution in [0.5, 0.6) is 0 Å². The first-order chi connectivity index (χ1) is 18.1. The molecular weight excluding hydrogens is 472 g/mol. The summed E-state index contributed by atoms with van der Waals surface area (Å²) < 4.78 is 0. The van der Waals surface area contributed by atoms with Crippen LogP contribution in [0.4, 0.5) is 0 Å². The van der Waals surface area contributed by atoms with E-state index in [9.17, 15) is 4.79 Å². The molecule has 1 heterocycles. The van der Waals surface area contributed by atoms with Crippen LogP contribution >= 0.6 is 11.8 Å². The van der Waals surface area contributed by atoms with E-state index in [1.54, 1.807) is 11.8 Å². The second-order valence-electron chi connectivity index (χ2n) is 10.4. The van der Waals surface area contributed by atoms with Crippen LogP contribution < -0.4 is 0 Å². The Morgan fingerprint density at radius 3 is 2.27 bits per heavy atom. The van der Waals surface area contributed by atoms with Crippen molar-refractivity contribution in [1.82, 2.24) is 9.80 Å². The van der Waals surface area contributed by atoms with Crippen LogP contribution in [0.15, 0.2) is 108 Å². The highest BCUT2D eigenvalue weighted by molar-refractivity contribution is 8.03. The van der Waals surface area contributed by atoms with Gasteiger partial charge in [0.2, 0.25) is 0 Å². The lowest BCUT2D eigenvalue weighted by molar-refractivity contribution is -0.120. The third-order valence-electron chi connectivity index (χ3n) is 7.34. The Morgan fingerprint density at radius 1 is 0.892 bits per heavy atom. The second kappa shape index (κ2) is 12.0. The summed E-state index contributed by atoms with van der Waals surface area (Å²) in [6.07, 6.45) is 6.17. The van der Waals surface area contributed by atoms with E-state index in [0.29, 0.717) is 5.78 Å². The Kier molecular flexibility index (Phi) is 8.28. The number of nitrogens with zero attached hydrogens (tertiary/aromatic N) is 2. The maximum Gasteiger partial charge on any atom is 0.174 e. The van der Waals surface area contributed by atoms with E-state index < -0.39 is 0 Å². The molecule has 4 heteroatoms. The number of rotatable bonds is 9. The monoisotopic (exact) mass is 508 g/mol. The summed E-state index contributed by atoms with van der Waals surface area (Å²) in [4.78, 5) is 19.8. The molecule has 1 unspecified atom stereocenters. The van der Waals surface area contributed by atoms with E-state index in [2.05, 4.69) is 115 Å². The molecule has 1 saturated heterocycles. The largest absolute Gasteiger partial charge is 0.344 e. The van der Waals surface area contributed by atoms with Crippen LogP contribution in [0.2, 0.25) is 0 Å². The number of carbonyl (C=O) groups is 1. The van der Waals surface area contributed by atoms with E-state index in [1.165, 1.54) is 22.3 Å². The highest BCUT2D eigenvalue weighted by atomic mass is 32.2. The quantitative estimate of drug-likeness (QED) is 0.305. The highest BCUT2D eigenvalue weighted by Gasteiger charge is 2.34. The van der Waals surface area contributed by atoms with Gasteiger partial charge < -0.3 is 4.90 Å². The molecule has 0 N–H and O–H groups in total. The lowest BCUT2D eigenvalue weighted by atomic mass is 9.83. The molecule has 1 aliphatic carbocycles. The molecule has 3 aromatic carbocycles. The third kappa shape index (κ3) is 6.44. The second-order valence-corrected chi connectivity index (χ2v) is 11.4. The molecule has 1 aliphatic heterocycles. The van der Waals surface area contributed by atoms with Crippen molar-refractivity contribution in [2.75, 3.05) is 13.3 Å². The number of hydrogen-bond acceptors (Lipinski definition) is 4. The average molecular weight is 509 g/mol. The number of Topliss-reactive ketones (excluding diaryl/α,β-unsaturated/α-hetero) is 1. The minimum Gasteiger partial charge on any atom is -0.344 e. The van der Waals surface area contributed by atoms with E-state index in [0.717, 1.165) is 49.1 Å². The van der Waals surface area contributed by atoms with Gasteiger partial charge in [-0.1, -0.05) is 103 Å². The topological polar surface area (TPSA) is 23.6 Å². The van der Waals surface area contributed by atoms with Gasteiger partial charge in [0.1, 0.15) is 0 Å². The van der Waals surface area contributed by atoms with Crippen LogP contribution in [-0.4, -0.2) is 28.9 Å². The van der Waals surface area contributed by atoms with Gasteiger partial charge in [-0.3, -0.25) is 9.69 Å². The molecule has 2 atom stereocenters. The predicted molar refractivity (Wildman–Crippen MR) is 155 cm³/mol. The van der Waals surface area contributed by atoms with Gasteiger partial charge in [-0.05, 0) is 48.4 Å². The molecule has 0 spiro atoms. The first-order valence-corrected chi connectivity index (χ1v) is 14.2. The Hall–Kier alpha value is -3.08. The minimum atomic E-state index is -0.00287. The first kappa shape index (κ1) is 25.6. The number of allylic oxidation sites excluding steroid dienone is 3. The summed E-state index contributed by atoms with van der Waals surface area (Å²) in [7, 11) is 0. The number of thioether (sulfide) groups is 1. The van der Waals surface area contributed by atoms with Crippen LogP contribution in [-0.2, 0) is 23.5 Å². The van der Waals surface area contributed by atoms with Gasteiger partial charge in [0.25, 0.3) is 0 Å². The number of aryl methyl sites for hydroxylation is 1. The van der Waals surface area contributed by atoms with Crippen LogP contribution in [0.25, 0.3) is 0 Å². The summed E-state index contributed by atoms with van der Waals surface area (Å²) in [5.74, 6) is 1.39. The molecule has 5 rings (SSSR count). The summed E-state index contributed by atoms with van der Waals surface area (Å²) in [6, 6.07) is 29.8. The van der Waals surface area contributed by atoms with Crippen molar-refractivity contribution >= 4 is 17.5 Å². The summed E-state index contributed by atoms with van der Waals surface area (Å²) in [5, 5.41) is 0. The zero-order valence-electron chi connectivity index (χ0n) is 21.8. The molecule has 3 nitrogen and oxygen atoms in total. The first-order valence-electron chi connectivity index (χ1n) is 13.3. The maximum atomic E-state index is 14.1. The van der Waals surface area contributed by atoms with Crippen molar-refractivity contribution in [2.45, 2.75) is 39.0 Å². The fourth-order valence-electron chi connectivity index (χ4n) is 5.31. The van der Waals surface area contributed by atoms with Gasteiger partial charge in [-0.15, -0.1) is 11.8 Å². The molecule has 0 saturated carbocycles. The van der Waals surface area contributed by atoms with Crippen molar-refractivity contribution < 1.29 is 4.79 Å². The van der Waals surface area contributed by atoms with Crippen molar-refractivity contribution in [3.63, 3.8) is 0 Å². The molecule has 0 amide bonds. The smallest absolute Gasteiger partial charge is 0.174 e. The van der Waals surface area contributed by atoms with Crippen LogP contribution in [0.1, 0.15) is 35.6 Å². The molecule has 37 heavy (non-hydrogen) atoms. The third-order valence-corrected chi connectivity index (χ3v) is 8.52. The summed E-state index contributed by atoms with van der Waals surface area (Å²) >= 11 is 1.71. The van der Waals surface area contributed by atoms with Gasteiger partial charge >= 0.3 is 0 Å². The number of hydrogen-bond donors (Lipinski definition) is 0. The predicted octanol–water partition coefficient (Wildman–Crippen LogP) is 7.20. The summed E-state index contributed by atoms with van der Waals surface area (Å²) in [6.45, 7) is 7.01. The summed E-state index contributed by atoms with van der Waals surface area (Å²) in [5.41, 5.74) is 6.28. The standard InChI is InChI=1S/C33H36N2OS/c1-25-11-9-16-29(19-25)21-34-23-35(24-34)31-18-10-17-30(26(2)20-27-12-5-3-6-13-27)32(36)33(31)37-22-28-14-7-4-8-15-28/h3-16,18-19,26,30H,17,20-24H2,1-2H3/t26?,30-/m0/s1. The number of benzene rings is 3. The minimum absolute atomic E-state index is 0.00287. The molecule has 2 aliphatic rings. The normalized spacial score (nSPS) is 19.0. The number of ketones is 1. The Bertz CT molecular complexity index is 1260. The maximum absolute atomic E-state index is 14.1. The van der Waals surface area contributed by atoms with Crippen molar-refractivity contribution in [3.05, 3.63) is 130 Å². The molecule has 0 radical (unpaired) electrons. The van der Waals surface area contributed by atoms with Gasteiger partial charge in [0, 0.05) is 18.2 Å². The van der Waals surface area contributed by atoms with Crippen LogP contribution in [0.3, 0.4) is 0 Å². The van der Waals surface area contributed by atoms with Crippen molar-refractivity contribution in [3.8, 4) is 0 Å². The molecule has 0 aromatic heterocycles. The van der Waals surface area contributed by atoms with E-state index in [4.69, 9.17) is 0 Å². The van der Waals surface area contributed by atoms with E-state index >= 15 is 0 Å². The Labute approximate surface area is 225 Å². The molecule has 1 fully saturated rings. The fourth-order valence-corrected chi connectivity index (χ4v) is 6.45. The fraction of sp³-hybridized carbons (Fsp3) is 0.303. The lowest BCUT2D eigenvalue weighted by Crippen LogP contribution is -2.53. The van der Waals surface area contributed by atoms with Gasteiger partial charge in [-0.25, -0.2) is 0 Å². The van der Waals surface area contributed by atoms with Crippen molar-refractivity contribution in [1.29, 1.82) is 0 Å². The molecule has 190 valence electrons. The van der Waals surface area contributed by atoms with E-state index in [-0.39, 0.29) is 11.8 Å². The average Bonchev–Trinajstić information content (AvgIpc) is 3.04. The lowest BCUT2D eigenvalue weighted by Gasteiger charge is -2.45. The van der Waals surface area contributed by atoms with Gasteiger partial charge in [-0.2, -0.15) is 0 Å². The zero-order valence-corrected chi connectivity index (χ0v) is 22.7. The zero-order chi connectivity index (χ0) is 25.6. The molecule has 3 aromatic rings. The number of carbonyl (C=O) groups excluding carboxylic acids is 1.